The summed E-state index contributed by atoms with van der Waals surface area (Å²) in [5.41, 5.74) is 8.10. The number of methoxy groups -OCH3 is 2. The van der Waals surface area contributed by atoms with Crippen molar-refractivity contribution in [3.8, 4) is 22.8 Å². The lowest BCUT2D eigenvalue weighted by Gasteiger charge is -2.09. The second-order valence-corrected chi connectivity index (χ2v) is 8.46. The fourth-order valence-corrected chi connectivity index (χ4v) is 4.41. The molecular formula is C22H17BrFN3O3S. The van der Waals surface area contributed by atoms with Gasteiger partial charge in [-0.3, -0.25) is 4.79 Å². The van der Waals surface area contributed by atoms with E-state index in [4.69, 9.17) is 15.2 Å². The van der Waals surface area contributed by atoms with Crippen molar-refractivity contribution in [2.75, 3.05) is 25.3 Å². The van der Waals surface area contributed by atoms with Gasteiger partial charge in [-0.15, -0.1) is 11.3 Å². The molecule has 2 aromatic heterocycles. The number of fused-ring (bicyclic) bond motifs is 1. The van der Waals surface area contributed by atoms with E-state index in [2.05, 4.69) is 26.2 Å². The van der Waals surface area contributed by atoms with Crippen molar-refractivity contribution in [2.24, 2.45) is 0 Å². The molecule has 0 aliphatic carbocycles. The van der Waals surface area contributed by atoms with Gasteiger partial charge in [-0.25, -0.2) is 9.37 Å². The summed E-state index contributed by atoms with van der Waals surface area (Å²) < 4.78 is 25.3. The number of pyridine rings is 1. The van der Waals surface area contributed by atoms with E-state index in [-0.39, 0.29) is 10.6 Å². The minimum absolute atomic E-state index is 0.0732. The van der Waals surface area contributed by atoms with E-state index < -0.39 is 11.7 Å². The molecule has 0 radical (unpaired) electrons. The van der Waals surface area contributed by atoms with Crippen LogP contribution in [-0.2, 0) is 0 Å². The van der Waals surface area contributed by atoms with Gasteiger partial charge in [-0.2, -0.15) is 0 Å². The number of nitrogens with one attached hydrogen (secondary N) is 1. The molecular weight excluding hydrogens is 485 g/mol. The lowest BCUT2D eigenvalue weighted by molar-refractivity contribution is 0.103. The first-order chi connectivity index (χ1) is 14.9. The Morgan fingerprint density at radius 2 is 1.87 bits per heavy atom. The van der Waals surface area contributed by atoms with Crippen molar-refractivity contribution in [1.29, 1.82) is 0 Å². The van der Waals surface area contributed by atoms with Gasteiger partial charge in [0.25, 0.3) is 5.91 Å². The number of hydrogen-bond donors (Lipinski definition) is 2. The van der Waals surface area contributed by atoms with Gasteiger partial charge in [0.15, 0.2) is 11.5 Å². The van der Waals surface area contributed by atoms with Crippen LogP contribution in [0.3, 0.4) is 0 Å². The fraction of sp³-hybridized carbons (Fsp3) is 0.0909. The number of carbonyl (C=O) groups is 1. The van der Waals surface area contributed by atoms with Gasteiger partial charge in [-0.05, 0) is 48.5 Å². The van der Waals surface area contributed by atoms with E-state index in [1.165, 1.54) is 12.1 Å². The van der Waals surface area contributed by atoms with Crippen molar-refractivity contribution >= 4 is 54.8 Å². The molecule has 0 fully saturated rings. The minimum Gasteiger partial charge on any atom is -0.493 e. The van der Waals surface area contributed by atoms with Crippen LogP contribution >= 0.6 is 27.3 Å². The maximum atomic E-state index is 14.1. The fourth-order valence-electron chi connectivity index (χ4n) is 3.09. The molecule has 3 N–H and O–H groups in total. The molecule has 0 atom stereocenters. The molecule has 2 aromatic carbocycles. The van der Waals surface area contributed by atoms with E-state index in [1.54, 1.807) is 26.4 Å². The molecule has 0 aliphatic heterocycles. The largest absolute Gasteiger partial charge is 0.493 e. The lowest BCUT2D eigenvalue weighted by atomic mass is 10.1. The Hall–Kier alpha value is -3.17. The molecule has 0 saturated heterocycles. The summed E-state index contributed by atoms with van der Waals surface area (Å²) in [5, 5.41) is 3.23. The number of anilines is 2. The second kappa shape index (κ2) is 8.52. The molecule has 31 heavy (non-hydrogen) atoms. The molecule has 4 aromatic rings. The Bertz CT molecular complexity index is 1310. The van der Waals surface area contributed by atoms with Crippen molar-refractivity contribution < 1.29 is 18.7 Å². The van der Waals surface area contributed by atoms with Crippen LogP contribution in [0, 0.1) is 5.82 Å². The molecule has 9 heteroatoms. The highest BCUT2D eigenvalue weighted by Crippen LogP contribution is 2.36. The highest BCUT2D eigenvalue weighted by atomic mass is 79.9. The van der Waals surface area contributed by atoms with E-state index in [9.17, 15) is 9.18 Å². The summed E-state index contributed by atoms with van der Waals surface area (Å²) in [4.78, 5) is 18.3. The SMILES string of the molecule is COc1ccc(-c2ccc3c(N)c(C(=O)Nc4ccc(Br)cc4F)sc3n2)cc1OC. The summed E-state index contributed by atoms with van der Waals surface area (Å²) in [6, 6.07) is 13.5. The van der Waals surface area contributed by atoms with Gasteiger partial charge in [0.05, 0.1) is 31.3 Å². The maximum Gasteiger partial charge on any atom is 0.268 e. The normalized spacial score (nSPS) is 10.8. The first kappa shape index (κ1) is 21.1. The van der Waals surface area contributed by atoms with Crippen LogP contribution in [-0.4, -0.2) is 25.1 Å². The second-order valence-electron chi connectivity index (χ2n) is 6.54. The van der Waals surface area contributed by atoms with Crippen LogP contribution in [0.1, 0.15) is 9.67 Å². The Kier molecular flexibility index (Phi) is 5.79. The lowest BCUT2D eigenvalue weighted by Crippen LogP contribution is -2.13. The van der Waals surface area contributed by atoms with Crippen molar-refractivity contribution in [2.45, 2.75) is 0 Å². The Labute approximate surface area is 189 Å². The van der Waals surface area contributed by atoms with Crippen molar-refractivity contribution in [1.82, 2.24) is 4.98 Å². The van der Waals surface area contributed by atoms with Gasteiger partial charge in [0.1, 0.15) is 15.5 Å². The summed E-state index contributed by atoms with van der Waals surface area (Å²) in [7, 11) is 3.14. The first-order valence-electron chi connectivity index (χ1n) is 9.09. The number of nitrogens with zero attached hydrogens (tertiary/aromatic N) is 1. The first-order valence-corrected chi connectivity index (χ1v) is 10.7. The topological polar surface area (TPSA) is 86.5 Å². The van der Waals surface area contributed by atoms with E-state index in [1.807, 2.05) is 24.3 Å². The van der Waals surface area contributed by atoms with Crippen LogP contribution in [0.25, 0.3) is 21.5 Å². The third kappa shape index (κ3) is 4.06. The van der Waals surface area contributed by atoms with Gasteiger partial charge in [0.2, 0.25) is 0 Å². The monoisotopic (exact) mass is 501 g/mol. The molecule has 0 spiro atoms. The molecule has 0 bridgehead atoms. The molecule has 158 valence electrons. The molecule has 2 heterocycles. The molecule has 6 nitrogen and oxygen atoms in total. The number of rotatable bonds is 5. The number of nitrogens with two attached hydrogens (primary N) is 1. The third-order valence-corrected chi connectivity index (χ3v) is 6.27. The minimum atomic E-state index is -0.545. The number of thiophene rings is 1. The van der Waals surface area contributed by atoms with Crippen molar-refractivity contribution in [3.05, 3.63) is 63.7 Å². The van der Waals surface area contributed by atoms with Crippen molar-refractivity contribution in [3.63, 3.8) is 0 Å². The Morgan fingerprint density at radius 3 is 2.58 bits per heavy atom. The number of aromatic nitrogens is 1. The highest BCUT2D eigenvalue weighted by Gasteiger charge is 2.19. The summed E-state index contributed by atoms with van der Waals surface area (Å²) in [6.45, 7) is 0. The van der Waals surface area contributed by atoms with Gasteiger partial charge >= 0.3 is 0 Å². The predicted molar refractivity (Wildman–Crippen MR) is 125 cm³/mol. The number of carbonyl (C=O) groups excluding carboxylic acids is 1. The smallest absolute Gasteiger partial charge is 0.268 e. The quantitative estimate of drug-likeness (QED) is 0.365. The summed E-state index contributed by atoms with van der Waals surface area (Å²) >= 11 is 4.34. The molecule has 0 aliphatic rings. The maximum absolute atomic E-state index is 14.1. The number of benzene rings is 2. The number of amides is 1. The summed E-state index contributed by atoms with van der Waals surface area (Å²) in [5.74, 6) is 0.168. The summed E-state index contributed by atoms with van der Waals surface area (Å²) in [6.07, 6.45) is 0. The highest BCUT2D eigenvalue weighted by molar-refractivity contribution is 9.10. The van der Waals surface area contributed by atoms with E-state index >= 15 is 0 Å². The van der Waals surface area contributed by atoms with Gasteiger partial charge in [-0.1, -0.05) is 15.9 Å². The predicted octanol–water partition coefficient (Wildman–Crippen LogP) is 5.72. The Morgan fingerprint density at radius 1 is 1.10 bits per heavy atom. The van der Waals surface area contributed by atoms with E-state index in [0.717, 1.165) is 16.9 Å². The standard InChI is InChI=1S/C22H17BrFN3O3S/c1-29-17-8-3-11(9-18(17)30-2)15-7-5-13-19(25)20(31-22(13)27-15)21(28)26-16-6-4-12(23)10-14(16)24/h3-10H,25H2,1-2H3,(H,26,28). The average molecular weight is 502 g/mol. The zero-order valence-electron chi connectivity index (χ0n) is 16.5. The van der Waals surface area contributed by atoms with E-state index in [0.29, 0.717) is 37.6 Å². The average Bonchev–Trinajstić information content (AvgIpc) is 3.11. The molecule has 4 rings (SSSR count). The zero-order valence-corrected chi connectivity index (χ0v) is 18.9. The molecule has 1 amide bonds. The molecule has 0 unspecified atom stereocenters. The number of ether oxygens (including phenoxy) is 2. The number of halogens is 2. The van der Waals surface area contributed by atoms with Crippen LogP contribution < -0.4 is 20.5 Å². The molecule has 0 saturated carbocycles. The number of hydrogen-bond acceptors (Lipinski definition) is 6. The zero-order chi connectivity index (χ0) is 22.1. The van der Waals surface area contributed by atoms with Gasteiger partial charge < -0.3 is 20.5 Å². The third-order valence-electron chi connectivity index (χ3n) is 4.66. The van der Waals surface area contributed by atoms with Crippen LogP contribution in [0.5, 0.6) is 11.5 Å². The van der Waals surface area contributed by atoms with Crippen LogP contribution in [0.2, 0.25) is 0 Å². The van der Waals surface area contributed by atoms with Crippen LogP contribution in [0.4, 0.5) is 15.8 Å². The number of nitrogen functional groups attached to an aromatic ring is 1. The Balaban J connectivity index is 1.68. The van der Waals surface area contributed by atoms with Gasteiger partial charge in [0, 0.05) is 15.4 Å². The van der Waals surface area contributed by atoms with Crippen LogP contribution in [0.15, 0.2) is 53.0 Å².